The molecule has 2 aromatic rings. The average molecular weight is 315 g/mol. The summed E-state index contributed by atoms with van der Waals surface area (Å²) in [5.74, 6) is 0.0690. The van der Waals surface area contributed by atoms with E-state index in [1.165, 1.54) is 6.07 Å². The second-order valence-electron chi connectivity index (χ2n) is 5.62. The van der Waals surface area contributed by atoms with Gasteiger partial charge in [-0.05, 0) is 35.7 Å². The van der Waals surface area contributed by atoms with Crippen molar-refractivity contribution < 1.29 is 19.0 Å². The lowest BCUT2D eigenvalue weighted by atomic mass is 9.96. The molecule has 0 saturated heterocycles. The molecule has 3 rings (SSSR count). The van der Waals surface area contributed by atoms with Crippen LogP contribution in [0.4, 0.5) is 4.39 Å². The number of aliphatic hydroxyl groups is 1. The van der Waals surface area contributed by atoms with Gasteiger partial charge < -0.3 is 15.2 Å². The number of fused-ring (bicyclic) bond motifs is 1. The molecule has 5 heteroatoms. The summed E-state index contributed by atoms with van der Waals surface area (Å²) in [6.07, 6.45) is 0.646. The van der Waals surface area contributed by atoms with E-state index in [-0.39, 0.29) is 24.0 Å². The summed E-state index contributed by atoms with van der Waals surface area (Å²) < 4.78 is 19.0. The van der Waals surface area contributed by atoms with Crippen molar-refractivity contribution >= 4 is 5.91 Å². The minimum atomic E-state index is -0.445. The molecule has 1 heterocycles. The third-order valence-electron chi connectivity index (χ3n) is 4.00. The number of halogens is 1. The molecule has 1 amide bonds. The Kier molecular flexibility index (Phi) is 4.57. The van der Waals surface area contributed by atoms with Gasteiger partial charge in [0.1, 0.15) is 18.2 Å². The van der Waals surface area contributed by atoms with Gasteiger partial charge in [0.15, 0.2) is 0 Å². The molecule has 1 unspecified atom stereocenters. The summed E-state index contributed by atoms with van der Waals surface area (Å²) >= 11 is 0. The van der Waals surface area contributed by atoms with E-state index in [0.717, 1.165) is 16.9 Å². The van der Waals surface area contributed by atoms with Crippen molar-refractivity contribution in [2.24, 2.45) is 5.92 Å². The fourth-order valence-electron chi connectivity index (χ4n) is 2.69. The van der Waals surface area contributed by atoms with Gasteiger partial charge >= 0.3 is 0 Å². The molecule has 0 radical (unpaired) electrons. The largest absolute Gasteiger partial charge is 0.492 e. The highest BCUT2D eigenvalue weighted by Gasteiger charge is 2.25. The quantitative estimate of drug-likeness (QED) is 0.909. The van der Waals surface area contributed by atoms with E-state index in [0.29, 0.717) is 19.6 Å². The predicted molar refractivity (Wildman–Crippen MR) is 83.3 cm³/mol. The highest BCUT2D eigenvalue weighted by atomic mass is 19.1. The van der Waals surface area contributed by atoms with Gasteiger partial charge in [-0.25, -0.2) is 4.39 Å². The van der Waals surface area contributed by atoms with Gasteiger partial charge in [-0.2, -0.15) is 0 Å². The first-order valence-corrected chi connectivity index (χ1v) is 7.54. The molecule has 0 aliphatic carbocycles. The van der Waals surface area contributed by atoms with E-state index < -0.39 is 5.82 Å². The van der Waals surface area contributed by atoms with Gasteiger partial charge in [0.25, 0.3) is 0 Å². The minimum absolute atomic E-state index is 0.0885. The molecule has 23 heavy (non-hydrogen) atoms. The standard InChI is InChI=1S/C18H18FNO3/c19-16-6-5-12(7-14(16)10-21)9-20-18(22)15-8-13-3-1-2-4-17(13)23-11-15/h1-7,15,21H,8-11H2,(H,20,22). The van der Waals surface area contributed by atoms with Crippen LogP contribution in [0.3, 0.4) is 0 Å². The van der Waals surface area contributed by atoms with Crippen LogP contribution in [0.1, 0.15) is 16.7 Å². The number of benzene rings is 2. The third-order valence-corrected chi connectivity index (χ3v) is 4.00. The van der Waals surface area contributed by atoms with Crippen molar-refractivity contribution in [3.05, 3.63) is 65.0 Å². The van der Waals surface area contributed by atoms with E-state index >= 15 is 0 Å². The zero-order chi connectivity index (χ0) is 16.2. The minimum Gasteiger partial charge on any atom is -0.492 e. The Labute approximate surface area is 133 Å². The summed E-state index contributed by atoms with van der Waals surface area (Å²) in [5.41, 5.74) is 2.01. The Hall–Kier alpha value is -2.40. The van der Waals surface area contributed by atoms with E-state index in [2.05, 4.69) is 5.32 Å². The van der Waals surface area contributed by atoms with Crippen molar-refractivity contribution in [3.63, 3.8) is 0 Å². The van der Waals surface area contributed by atoms with Crippen LogP contribution < -0.4 is 10.1 Å². The van der Waals surface area contributed by atoms with Crippen LogP contribution in [-0.4, -0.2) is 17.6 Å². The summed E-state index contributed by atoms with van der Waals surface area (Å²) in [5, 5.41) is 11.9. The molecular formula is C18H18FNO3. The molecule has 4 nitrogen and oxygen atoms in total. The van der Waals surface area contributed by atoms with Gasteiger partial charge in [-0.15, -0.1) is 0 Å². The lowest BCUT2D eigenvalue weighted by Crippen LogP contribution is -2.37. The van der Waals surface area contributed by atoms with E-state index in [4.69, 9.17) is 9.84 Å². The van der Waals surface area contributed by atoms with Crippen molar-refractivity contribution in [3.8, 4) is 5.75 Å². The zero-order valence-electron chi connectivity index (χ0n) is 12.6. The molecule has 120 valence electrons. The summed E-state index contributed by atoms with van der Waals surface area (Å²) in [7, 11) is 0. The van der Waals surface area contributed by atoms with Crippen molar-refractivity contribution in [2.75, 3.05) is 6.61 Å². The number of rotatable bonds is 4. The fraction of sp³-hybridized carbons (Fsp3) is 0.278. The van der Waals surface area contributed by atoms with E-state index in [1.807, 2.05) is 24.3 Å². The molecular weight excluding hydrogens is 297 g/mol. The van der Waals surface area contributed by atoms with Gasteiger partial charge in [0.2, 0.25) is 5.91 Å². The van der Waals surface area contributed by atoms with E-state index in [1.54, 1.807) is 12.1 Å². The Morgan fingerprint density at radius 1 is 1.30 bits per heavy atom. The van der Waals surface area contributed by atoms with Crippen molar-refractivity contribution in [1.82, 2.24) is 5.32 Å². The molecule has 0 spiro atoms. The molecule has 1 aliphatic heterocycles. The van der Waals surface area contributed by atoms with Gasteiger partial charge in [0, 0.05) is 12.1 Å². The Bertz CT molecular complexity index is 717. The second-order valence-corrected chi connectivity index (χ2v) is 5.62. The zero-order valence-corrected chi connectivity index (χ0v) is 12.6. The number of aliphatic hydroxyl groups excluding tert-OH is 1. The number of amides is 1. The number of nitrogens with one attached hydrogen (secondary N) is 1. The molecule has 0 fully saturated rings. The first-order chi connectivity index (χ1) is 11.2. The van der Waals surface area contributed by atoms with Crippen LogP contribution in [0.25, 0.3) is 0 Å². The average Bonchev–Trinajstić information content (AvgIpc) is 2.60. The third kappa shape index (κ3) is 3.51. The maximum absolute atomic E-state index is 13.3. The number of hydrogen-bond donors (Lipinski definition) is 2. The number of carbonyl (C=O) groups excluding carboxylic acids is 1. The van der Waals surface area contributed by atoms with Crippen LogP contribution in [-0.2, 0) is 24.4 Å². The molecule has 0 saturated carbocycles. The smallest absolute Gasteiger partial charge is 0.227 e. The van der Waals surface area contributed by atoms with E-state index in [9.17, 15) is 9.18 Å². The number of hydrogen-bond acceptors (Lipinski definition) is 3. The summed E-state index contributed by atoms with van der Waals surface area (Å²) in [6.45, 7) is 0.291. The number of ether oxygens (including phenoxy) is 1. The predicted octanol–water partition coefficient (Wildman–Crippen LogP) is 2.19. The van der Waals surface area contributed by atoms with Crippen molar-refractivity contribution in [1.29, 1.82) is 0 Å². The van der Waals surface area contributed by atoms with Crippen LogP contribution in [0.15, 0.2) is 42.5 Å². The Morgan fingerprint density at radius 2 is 2.13 bits per heavy atom. The Morgan fingerprint density at radius 3 is 2.96 bits per heavy atom. The molecule has 2 N–H and O–H groups in total. The van der Waals surface area contributed by atoms with Gasteiger partial charge in [-0.1, -0.05) is 24.3 Å². The Balaban J connectivity index is 1.60. The first-order valence-electron chi connectivity index (χ1n) is 7.54. The molecule has 2 aromatic carbocycles. The highest BCUT2D eigenvalue weighted by molar-refractivity contribution is 5.79. The van der Waals surface area contributed by atoms with Crippen LogP contribution in [0.5, 0.6) is 5.75 Å². The first kappa shape index (κ1) is 15.5. The molecule has 0 aromatic heterocycles. The fourth-order valence-corrected chi connectivity index (χ4v) is 2.69. The highest BCUT2D eigenvalue weighted by Crippen LogP contribution is 2.26. The number of para-hydroxylation sites is 1. The maximum Gasteiger partial charge on any atom is 0.227 e. The van der Waals surface area contributed by atoms with Crippen LogP contribution >= 0.6 is 0 Å². The molecule has 1 atom stereocenters. The van der Waals surface area contributed by atoms with Crippen LogP contribution in [0.2, 0.25) is 0 Å². The number of carbonyl (C=O) groups is 1. The normalized spacial score (nSPS) is 16.3. The van der Waals surface area contributed by atoms with Gasteiger partial charge in [0.05, 0.1) is 12.5 Å². The second kappa shape index (κ2) is 6.79. The lowest BCUT2D eigenvalue weighted by molar-refractivity contribution is -0.126. The maximum atomic E-state index is 13.3. The van der Waals surface area contributed by atoms with Crippen LogP contribution in [0, 0.1) is 11.7 Å². The van der Waals surface area contributed by atoms with Crippen molar-refractivity contribution in [2.45, 2.75) is 19.6 Å². The van der Waals surface area contributed by atoms with Gasteiger partial charge in [-0.3, -0.25) is 4.79 Å². The monoisotopic (exact) mass is 315 g/mol. The topological polar surface area (TPSA) is 58.6 Å². The SMILES string of the molecule is O=C(NCc1ccc(F)c(CO)c1)C1COc2ccccc2C1. The molecule has 0 bridgehead atoms. The summed E-state index contributed by atoms with van der Waals surface area (Å²) in [6, 6.07) is 12.2. The molecule has 1 aliphatic rings. The summed E-state index contributed by atoms with van der Waals surface area (Å²) in [4.78, 5) is 12.3. The lowest BCUT2D eigenvalue weighted by Gasteiger charge is -2.24.